The molecule has 1 N–H and O–H groups in total. The lowest BCUT2D eigenvalue weighted by atomic mass is 10.1. The molecule has 1 aromatic heterocycles. The molecule has 0 saturated heterocycles. The summed E-state index contributed by atoms with van der Waals surface area (Å²) in [6, 6.07) is 9.42. The van der Waals surface area contributed by atoms with Gasteiger partial charge >= 0.3 is 6.18 Å². The van der Waals surface area contributed by atoms with Crippen LogP contribution in [0.25, 0.3) is 11.0 Å². The molecule has 1 atom stereocenters. The normalized spacial score (nSPS) is 12.8. The monoisotopic (exact) mass is 417 g/mol. The summed E-state index contributed by atoms with van der Waals surface area (Å²) in [4.78, 5) is 29.0. The van der Waals surface area contributed by atoms with Gasteiger partial charge in [-0.05, 0) is 56.5 Å². The van der Waals surface area contributed by atoms with E-state index in [0.717, 1.165) is 26.8 Å². The number of amides is 1. The van der Waals surface area contributed by atoms with Crippen LogP contribution in [0, 0.1) is 20.8 Å². The first kappa shape index (κ1) is 21.5. The quantitative estimate of drug-likeness (QED) is 0.692. The third-order valence-corrected chi connectivity index (χ3v) is 5.09. The molecule has 0 saturated carbocycles. The number of fused-ring (bicyclic) bond motifs is 1. The van der Waals surface area contributed by atoms with Crippen molar-refractivity contribution in [3.63, 3.8) is 0 Å². The number of alkyl halides is 3. The van der Waals surface area contributed by atoms with Crippen LogP contribution in [0.5, 0.6) is 0 Å². The predicted molar refractivity (Wildman–Crippen MR) is 108 cm³/mol. The number of nitrogens with one attached hydrogen (secondary N) is 1. The van der Waals surface area contributed by atoms with Crippen LogP contribution in [0.3, 0.4) is 0 Å². The standard InChI is InChI=1S/C22H22F3N3O2/c1-12-6-5-7-16(8-12)11-26-20(29)15(4)28-18-10-14(3)13(2)9-17(18)27-19(21(28)30)22(23,24)25/h5-10,15H,11H2,1-4H3,(H,26,29)/t15-/m1/s1. The molecule has 1 amide bonds. The van der Waals surface area contributed by atoms with Crippen molar-refractivity contribution in [3.8, 4) is 0 Å². The second kappa shape index (κ2) is 7.93. The summed E-state index contributed by atoms with van der Waals surface area (Å²) in [5.41, 5.74) is 0.733. The number of aryl methyl sites for hydroxylation is 3. The van der Waals surface area contributed by atoms with E-state index in [-0.39, 0.29) is 17.6 Å². The van der Waals surface area contributed by atoms with Gasteiger partial charge in [-0.2, -0.15) is 13.2 Å². The van der Waals surface area contributed by atoms with E-state index in [0.29, 0.717) is 0 Å². The number of nitrogens with zero attached hydrogens (tertiary/aromatic N) is 2. The highest BCUT2D eigenvalue weighted by molar-refractivity contribution is 5.84. The van der Waals surface area contributed by atoms with Gasteiger partial charge in [0.15, 0.2) is 0 Å². The highest BCUT2D eigenvalue weighted by Gasteiger charge is 2.38. The van der Waals surface area contributed by atoms with Crippen LogP contribution in [0.15, 0.2) is 41.2 Å². The van der Waals surface area contributed by atoms with Gasteiger partial charge in [-0.1, -0.05) is 29.8 Å². The van der Waals surface area contributed by atoms with E-state index in [1.165, 1.54) is 13.0 Å². The van der Waals surface area contributed by atoms with Gasteiger partial charge in [0.05, 0.1) is 11.0 Å². The molecule has 0 unspecified atom stereocenters. The maximum Gasteiger partial charge on any atom is 0.438 e. The number of rotatable bonds is 4. The van der Waals surface area contributed by atoms with Gasteiger partial charge in [-0.3, -0.25) is 14.2 Å². The Bertz CT molecular complexity index is 1180. The van der Waals surface area contributed by atoms with Crippen molar-refractivity contribution in [2.75, 3.05) is 0 Å². The molecular formula is C22H22F3N3O2. The average molecular weight is 417 g/mol. The molecule has 30 heavy (non-hydrogen) atoms. The molecular weight excluding hydrogens is 395 g/mol. The molecule has 3 rings (SSSR count). The summed E-state index contributed by atoms with van der Waals surface area (Å²) in [7, 11) is 0. The minimum atomic E-state index is -4.93. The van der Waals surface area contributed by atoms with Gasteiger partial charge < -0.3 is 5.32 Å². The lowest BCUT2D eigenvalue weighted by Crippen LogP contribution is -2.39. The van der Waals surface area contributed by atoms with Crippen LogP contribution in [-0.2, 0) is 17.5 Å². The van der Waals surface area contributed by atoms with Crippen LogP contribution in [0.4, 0.5) is 13.2 Å². The van der Waals surface area contributed by atoms with E-state index in [1.807, 2.05) is 31.2 Å². The Morgan fingerprint density at radius 2 is 1.80 bits per heavy atom. The van der Waals surface area contributed by atoms with Crippen LogP contribution in [-0.4, -0.2) is 15.5 Å². The van der Waals surface area contributed by atoms with Gasteiger partial charge in [0, 0.05) is 6.54 Å². The van der Waals surface area contributed by atoms with E-state index in [1.54, 1.807) is 19.9 Å². The molecule has 158 valence electrons. The average Bonchev–Trinajstić information content (AvgIpc) is 2.66. The van der Waals surface area contributed by atoms with E-state index in [9.17, 15) is 22.8 Å². The van der Waals surface area contributed by atoms with Gasteiger partial charge in [0.1, 0.15) is 6.04 Å². The molecule has 1 heterocycles. The number of hydrogen-bond acceptors (Lipinski definition) is 3. The van der Waals surface area contributed by atoms with Gasteiger partial charge in [0.25, 0.3) is 5.56 Å². The molecule has 2 aromatic carbocycles. The Hall–Kier alpha value is -3.16. The molecule has 0 radical (unpaired) electrons. The molecule has 0 aliphatic heterocycles. The molecule has 0 fully saturated rings. The first-order valence-corrected chi connectivity index (χ1v) is 9.43. The number of carbonyl (C=O) groups excluding carboxylic acids is 1. The van der Waals surface area contributed by atoms with Crippen molar-refractivity contribution >= 4 is 16.9 Å². The van der Waals surface area contributed by atoms with E-state index in [2.05, 4.69) is 10.3 Å². The Kier molecular flexibility index (Phi) is 5.70. The van der Waals surface area contributed by atoms with Crippen molar-refractivity contribution in [1.29, 1.82) is 0 Å². The van der Waals surface area contributed by atoms with Crippen molar-refractivity contribution in [3.05, 3.63) is 74.7 Å². The van der Waals surface area contributed by atoms with Crippen LogP contribution in [0.2, 0.25) is 0 Å². The highest BCUT2D eigenvalue weighted by Crippen LogP contribution is 2.28. The zero-order chi connectivity index (χ0) is 22.2. The molecule has 0 aliphatic carbocycles. The van der Waals surface area contributed by atoms with Crippen molar-refractivity contribution in [1.82, 2.24) is 14.9 Å². The zero-order valence-corrected chi connectivity index (χ0v) is 17.1. The molecule has 0 aliphatic rings. The SMILES string of the molecule is Cc1cccc(CNC(=O)[C@@H](C)n2c(=O)c(C(F)(F)F)nc3cc(C)c(C)cc32)c1. The Morgan fingerprint density at radius 3 is 2.43 bits per heavy atom. The van der Waals surface area contributed by atoms with Crippen molar-refractivity contribution in [2.45, 2.75) is 46.5 Å². The second-order valence-electron chi connectivity index (χ2n) is 7.44. The second-order valence-corrected chi connectivity index (χ2v) is 7.44. The Balaban J connectivity index is 2.06. The minimum Gasteiger partial charge on any atom is -0.350 e. The lowest BCUT2D eigenvalue weighted by Gasteiger charge is -2.20. The number of benzene rings is 2. The van der Waals surface area contributed by atoms with Crippen molar-refractivity contribution < 1.29 is 18.0 Å². The third-order valence-electron chi connectivity index (χ3n) is 5.09. The topological polar surface area (TPSA) is 64.0 Å². The highest BCUT2D eigenvalue weighted by atomic mass is 19.4. The summed E-state index contributed by atoms with van der Waals surface area (Å²) < 4.78 is 41.2. The van der Waals surface area contributed by atoms with E-state index in [4.69, 9.17) is 0 Å². The first-order valence-electron chi connectivity index (χ1n) is 9.43. The van der Waals surface area contributed by atoms with Gasteiger partial charge in [0.2, 0.25) is 11.6 Å². The number of hydrogen-bond donors (Lipinski definition) is 1. The summed E-state index contributed by atoms with van der Waals surface area (Å²) in [5.74, 6) is -0.558. The predicted octanol–water partition coefficient (Wildman–Crippen LogP) is 4.22. The van der Waals surface area contributed by atoms with Crippen LogP contribution >= 0.6 is 0 Å². The fourth-order valence-electron chi connectivity index (χ4n) is 3.31. The molecule has 3 aromatic rings. The van der Waals surface area contributed by atoms with E-state index < -0.39 is 29.4 Å². The Morgan fingerprint density at radius 1 is 1.13 bits per heavy atom. The summed E-state index contributed by atoms with van der Waals surface area (Å²) in [6.07, 6.45) is -4.93. The molecule has 0 spiro atoms. The minimum absolute atomic E-state index is 0.0170. The fraction of sp³-hybridized carbons (Fsp3) is 0.318. The largest absolute Gasteiger partial charge is 0.438 e. The number of aromatic nitrogens is 2. The smallest absolute Gasteiger partial charge is 0.350 e. The summed E-state index contributed by atoms with van der Waals surface area (Å²) in [5, 5.41) is 2.70. The summed E-state index contributed by atoms with van der Waals surface area (Å²) >= 11 is 0. The molecule has 5 nitrogen and oxygen atoms in total. The van der Waals surface area contributed by atoms with Gasteiger partial charge in [-0.15, -0.1) is 0 Å². The number of halogens is 3. The molecule has 0 bridgehead atoms. The third kappa shape index (κ3) is 4.22. The van der Waals surface area contributed by atoms with Crippen LogP contribution in [0.1, 0.15) is 40.9 Å². The lowest BCUT2D eigenvalue weighted by molar-refractivity contribution is -0.142. The maximum atomic E-state index is 13.4. The van der Waals surface area contributed by atoms with Crippen molar-refractivity contribution in [2.24, 2.45) is 0 Å². The fourth-order valence-corrected chi connectivity index (χ4v) is 3.31. The maximum absolute atomic E-state index is 13.4. The van der Waals surface area contributed by atoms with E-state index >= 15 is 0 Å². The summed E-state index contributed by atoms with van der Waals surface area (Å²) in [6.45, 7) is 7.05. The molecule has 8 heteroatoms. The zero-order valence-electron chi connectivity index (χ0n) is 17.1. The Labute approximate surface area is 171 Å². The first-order chi connectivity index (χ1) is 14.0. The van der Waals surface area contributed by atoms with Gasteiger partial charge in [-0.25, -0.2) is 4.98 Å². The van der Waals surface area contributed by atoms with Crippen LogP contribution < -0.4 is 10.9 Å². The number of carbonyl (C=O) groups is 1.